The molecule has 1 heterocycles. The van der Waals surface area contributed by atoms with Crippen molar-refractivity contribution in [2.75, 3.05) is 0 Å². The van der Waals surface area contributed by atoms with Crippen molar-refractivity contribution in [1.82, 2.24) is 15.0 Å². The molecule has 3 nitrogen and oxygen atoms in total. The third-order valence-electron chi connectivity index (χ3n) is 3.42. The van der Waals surface area contributed by atoms with E-state index in [4.69, 9.17) is 0 Å². The fourth-order valence-corrected chi connectivity index (χ4v) is 2.13. The van der Waals surface area contributed by atoms with Crippen LogP contribution in [0.4, 0.5) is 0 Å². The molecule has 0 radical (unpaired) electrons. The molecule has 1 aromatic heterocycles. The Morgan fingerprint density at radius 2 is 1.63 bits per heavy atom. The van der Waals surface area contributed by atoms with E-state index in [0.29, 0.717) is 0 Å². The number of unbranched alkanes of at least 4 members (excludes halogenated alkanes) is 1. The van der Waals surface area contributed by atoms with Gasteiger partial charge in [0.25, 0.3) is 0 Å². The zero-order valence-corrected chi connectivity index (χ0v) is 12.0. The second kappa shape index (κ2) is 7.07. The highest BCUT2D eigenvalue weighted by atomic mass is 15.4. The molecule has 0 unspecified atom stereocenters. The van der Waals surface area contributed by atoms with Crippen LogP contribution < -0.4 is 0 Å². The summed E-state index contributed by atoms with van der Waals surface area (Å²) in [5, 5.41) is 8.23. The first-order valence-corrected chi connectivity index (χ1v) is 7.28. The Morgan fingerprint density at radius 1 is 0.947 bits per heavy atom. The molecule has 0 aliphatic carbocycles. The molecule has 0 atom stereocenters. The maximum atomic E-state index is 4.17. The number of aryl methyl sites for hydroxylation is 4. The Balaban J connectivity index is 1.85. The minimum Gasteiger partial charge on any atom is -0.253 e. The highest BCUT2D eigenvalue weighted by Crippen LogP contribution is 2.10. The van der Waals surface area contributed by atoms with E-state index in [0.717, 1.165) is 25.1 Å². The van der Waals surface area contributed by atoms with E-state index in [-0.39, 0.29) is 0 Å². The van der Waals surface area contributed by atoms with Crippen molar-refractivity contribution < 1.29 is 0 Å². The summed E-state index contributed by atoms with van der Waals surface area (Å²) in [6.45, 7) is 5.20. The summed E-state index contributed by atoms with van der Waals surface area (Å²) in [6, 6.07) is 9.01. The Labute approximate surface area is 115 Å². The number of rotatable bonds is 7. The maximum absolute atomic E-state index is 4.17. The lowest BCUT2D eigenvalue weighted by Gasteiger charge is -2.03. The first-order valence-electron chi connectivity index (χ1n) is 7.28. The van der Waals surface area contributed by atoms with Gasteiger partial charge < -0.3 is 0 Å². The highest BCUT2D eigenvalue weighted by molar-refractivity contribution is 5.23. The van der Waals surface area contributed by atoms with Crippen molar-refractivity contribution in [1.29, 1.82) is 0 Å². The normalized spacial score (nSPS) is 10.8. The molecule has 0 saturated carbocycles. The fraction of sp³-hybridized carbons (Fsp3) is 0.500. The molecule has 0 aliphatic heterocycles. The van der Waals surface area contributed by atoms with Gasteiger partial charge in [-0.05, 0) is 43.7 Å². The molecule has 0 aliphatic rings. The average molecular weight is 257 g/mol. The minimum absolute atomic E-state index is 0.888. The SMILES string of the molecule is CCCCc1ccc(CCc2cn(CC)nn2)cc1. The second-order valence-corrected chi connectivity index (χ2v) is 4.99. The molecule has 0 saturated heterocycles. The molecule has 0 amide bonds. The molecule has 3 heteroatoms. The molecule has 0 N–H and O–H groups in total. The van der Waals surface area contributed by atoms with Crippen molar-refractivity contribution in [2.45, 2.75) is 52.5 Å². The topological polar surface area (TPSA) is 30.7 Å². The lowest BCUT2D eigenvalue weighted by Crippen LogP contribution is -1.93. The van der Waals surface area contributed by atoms with Gasteiger partial charge in [0.15, 0.2) is 0 Å². The molecule has 2 aromatic rings. The van der Waals surface area contributed by atoms with E-state index in [9.17, 15) is 0 Å². The van der Waals surface area contributed by atoms with Crippen molar-refractivity contribution in [3.05, 3.63) is 47.3 Å². The smallest absolute Gasteiger partial charge is 0.0830 e. The van der Waals surface area contributed by atoms with E-state index in [1.165, 1.54) is 30.4 Å². The zero-order valence-electron chi connectivity index (χ0n) is 12.0. The molecule has 0 spiro atoms. The van der Waals surface area contributed by atoms with Crippen LogP contribution in [0.3, 0.4) is 0 Å². The summed E-state index contributed by atoms with van der Waals surface area (Å²) >= 11 is 0. The van der Waals surface area contributed by atoms with Crippen LogP contribution >= 0.6 is 0 Å². The van der Waals surface area contributed by atoms with Crippen molar-refractivity contribution in [3.63, 3.8) is 0 Å². The summed E-state index contributed by atoms with van der Waals surface area (Å²) < 4.78 is 1.88. The van der Waals surface area contributed by atoms with Gasteiger partial charge in [-0.15, -0.1) is 5.10 Å². The Kier molecular flexibility index (Phi) is 5.13. The zero-order chi connectivity index (χ0) is 13.5. The molecular formula is C16H23N3. The van der Waals surface area contributed by atoms with Gasteiger partial charge in [-0.1, -0.05) is 42.8 Å². The lowest BCUT2D eigenvalue weighted by atomic mass is 10.0. The van der Waals surface area contributed by atoms with Crippen LogP contribution in [0.2, 0.25) is 0 Å². The predicted molar refractivity (Wildman–Crippen MR) is 78.2 cm³/mol. The van der Waals surface area contributed by atoms with Gasteiger partial charge in [-0.2, -0.15) is 0 Å². The Morgan fingerprint density at radius 3 is 2.21 bits per heavy atom. The quantitative estimate of drug-likeness (QED) is 0.761. The molecular weight excluding hydrogens is 234 g/mol. The standard InChI is InChI=1S/C16H23N3/c1-3-5-6-14-7-9-15(10-8-14)11-12-16-13-19(4-2)18-17-16/h7-10,13H,3-6,11-12H2,1-2H3. The van der Waals surface area contributed by atoms with Crippen LogP contribution in [-0.2, 0) is 25.8 Å². The second-order valence-electron chi connectivity index (χ2n) is 4.99. The molecule has 1 aromatic carbocycles. The fourth-order valence-electron chi connectivity index (χ4n) is 2.13. The molecule has 0 bridgehead atoms. The summed E-state index contributed by atoms with van der Waals surface area (Å²) in [6.07, 6.45) is 7.77. The molecule has 2 rings (SSSR count). The van der Waals surface area contributed by atoms with Crippen LogP contribution in [0.1, 0.15) is 43.5 Å². The first kappa shape index (κ1) is 13.8. The van der Waals surface area contributed by atoms with Gasteiger partial charge in [-0.3, -0.25) is 4.68 Å². The van der Waals surface area contributed by atoms with E-state index in [1.807, 2.05) is 10.9 Å². The first-order chi connectivity index (χ1) is 9.31. The summed E-state index contributed by atoms with van der Waals surface area (Å²) in [7, 11) is 0. The van der Waals surface area contributed by atoms with Crippen LogP contribution in [0, 0.1) is 0 Å². The van der Waals surface area contributed by atoms with Gasteiger partial charge in [0.05, 0.1) is 5.69 Å². The summed E-state index contributed by atoms with van der Waals surface area (Å²) in [5.41, 5.74) is 3.91. The monoisotopic (exact) mass is 257 g/mol. The average Bonchev–Trinajstić information content (AvgIpc) is 2.92. The van der Waals surface area contributed by atoms with Crippen LogP contribution in [0.25, 0.3) is 0 Å². The van der Waals surface area contributed by atoms with Gasteiger partial charge in [0, 0.05) is 12.7 Å². The third-order valence-corrected chi connectivity index (χ3v) is 3.42. The largest absolute Gasteiger partial charge is 0.253 e. The number of benzene rings is 1. The van der Waals surface area contributed by atoms with Gasteiger partial charge in [0.2, 0.25) is 0 Å². The molecule has 19 heavy (non-hydrogen) atoms. The number of nitrogens with zero attached hydrogens (tertiary/aromatic N) is 3. The maximum Gasteiger partial charge on any atom is 0.0830 e. The van der Waals surface area contributed by atoms with E-state index < -0.39 is 0 Å². The Hall–Kier alpha value is -1.64. The summed E-state index contributed by atoms with van der Waals surface area (Å²) in [4.78, 5) is 0. The minimum atomic E-state index is 0.888. The van der Waals surface area contributed by atoms with Crippen molar-refractivity contribution >= 4 is 0 Å². The van der Waals surface area contributed by atoms with Crippen molar-refractivity contribution in [2.24, 2.45) is 0 Å². The van der Waals surface area contributed by atoms with E-state index in [1.54, 1.807) is 0 Å². The number of aromatic nitrogens is 3. The van der Waals surface area contributed by atoms with Gasteiger partial charge in [-0.25, -0.2) is 0 Å². The van der Waals surface area contributed by atoms with Gasteiger partial charge in [0.1, 0.15) is 0 Å². The summed E-state index contributed by atoms with van der Waals surface area (Å²) in [5.74, 6) is 0. The number of hydrogen-bond acceptors (Lipinski definition) is 2. The Bertz CT molecular complexity index is 485. The van der Waals surface area contributed by atoms with E-state index in [2.05, 4.69) is 48.4 Å². The lowest BCUT2D eigenvalue weighted by molar-refractivity contribution is 0.626. The predicted octanol–water partition coefficient (Wildman–Crippen LogP) is 3.43. The highest BCUT2D eigenvalue weighted by Gasteiger charge is 2.01. The van der Waals surface area contributed by atoms with Crippen molar-refractivity contribution in [3.8, 4) is 0 Å². The molecule has 0 fully saturated rings. The van der Waals surface area contributed by atoms with Crippen LogP contribution in [0.5, 0.6) is 0 Å². The van der Waals surface area contributed by atoms with Crippen LogP contribution in [-0.4, -0.2) is 15.0 Å². The van der Waals surface area contributed by atoms with Crippen LogP contribution in [0.15, 0.2) is 30.5 Å². The number of hydrogen-bond donors (Lipinski definition) is 0. The van der Waals surface area contributed by atoms with Gasteiger partial charge >= 0.3 is 0 Å². The van der Waals surface area contributed by atoms with E-state index >= 15 is 0 Å². The third kappa shape index (κ3) is 4.19. The molecule has 102 valence electrons.